The Hall–Kier alpha value is -2.22. The van der Waals surface area contributed by atoms with Gasteiger partial charge in [0.2, 0.25) is 5.91 Å². The molecule has 2 rings (SSSR count). The van der Waals surface area contributed by atoms with Crippen LogP contribution in [0.2, 0.25) is 0 Å². The monoisotopic (exact) mass is 355 g/mol. The highest BCUT2D eigenvalue weighted by Gasteiger charge is 2.35. The minimum absolute atomic E-state index is 0.0539. The molecule has 1 atom stereocenters. The summed E-state index contributed by atoms with van der Waals surface area (Å²) in [6.45, 7) is 3.11. The second-order valence-corrected chi connectivity index (χ2v) is 6.33. The maximum Gasteiger partial charge on any atom is 0.333 e. The summed E-state index contributed by atoms with van der Waals surface area (Å²) in [7, 11) is 0. The third kappa shape index (κ3) is 4.00. The second-order valence-electron chi connectivity index (χ2n) is 4.97. The van der Waals surface area contributed by atoms with Crippen molar-refractivity contribution < 1.29 is 27.9 Å². The van der Waals surface area contributed by atoms with Crippen LogP contribution in [-0.2, 0) is 14.3 Å². The van der Waals surface area contributed by atoms with Crippen LogP contribution in [0.15, 0.2) is 29.3 Å². The molecule has 1 aliphatic rings. The van der Waals surface area contributed by atoms with Crippen LogP contribution in [0.3, 0.4) is 0 Å². The molecule has 1 saturated heterocycles. The van der Waals surface area contributed by atoms with E-state index in [4.69, 9.17) is 4.74 Å². The summed E-state index contributed by atoms with van der Waals surface area (Å²) >= 11 is 1.13. The van der Waals surface area contributed by atoms with E-state index >= 15 is 0 Å². The van der Waals surface area contributed by atoms with Crippen LogP contribution in [-0.4, -0.2) is 41.0 Å². The number of hydrogen-bond acceptors (Lipinski definition) is 5. The fourth-order valence-corrected chi connectivity index (χ4v) is 3.12. The number of thioether (sulfide) groups is 1. The lowest BCUT2D eigenvalue weighted by atomic mass is 10.1. The molecule has 0 saturated carbocycles. The van der Waals surface area contributed by atoms with Gasteiger partial charge in [0.15, 0.2) is 17.4 Å². The molecule has 128 valence electrons. The fourth-order valence-electron chi connectivity index (χ4n) is 2.08. The first kappa shape index (κ1) is 18.1. The average molecular weight is 355 g/mol. The lowest BCUT2D eigenvalue weighted by Gasteiger charge is -2.16. The number of ketones is 1. The molecule has 1 aromatic carbocycles. The van der Waals surface area contributed by atoms with Crippen molar-refractivity contribution in [3.05, 3.63) is 46.5 Å². The Bertz CT molecular complexity index is 720. The third-order valence-corrected chi connectivity index (χ3v) is 4.38. The maximum atomic E-state index is 13.2. The van der Waals surface area contributed by atoms with Gasteiger partial charge in [0.25, 0.3) is 0 Å². The molecule has 0 spiro atoms. The number of benzene rings is 1. The van der Waals surface area contributed by atoms with E-state index in [1.165, 1.54) is 0 Å². The summed E-state index contributed by atoms with van der Waals surface area (Å²) in [6.07, 6.45) is 1.15. The van der Waals surface area contributed by atoms with Gasteiger partial charge in [-0.15, -0.1) is 0 Å². The fraction of sp³-hybridized carbons (Fsp3) is 0.312. The molecule has 0 aromatic heterocycles. The van der Waals surface area contributed by atoms with Crippen molar-refractivity contribution in [3.63, 3.8) is 0 Å². The zero-order valence-electron chi connectivity index (χ0n) is 13.0. The summed E-state index contributed by atoms with van der Waals surface area (Å²) in [6, 6.07) is 2.78. The van der Waals surface area contributed by atoms with E-state index < -0.39 is 28.6 Å². The zero-order valence-corrected chi connectivity index (χ0v) is 13.9. The Morgan fingerprint density at radius 3 is 2.67 bits per heavy atom. The van der Waals surface area contributed by atoms with Crippen LogP contribution in [0.1, 0.15) is 24.2 Å². The molecule has 5 nitrogen and oxygen atoms in total. The van der Waals surface area contributed by atoms with E-state index in [1.54, 1.807) is 13.8 Å². The van der Waals surface area contributed by atoms with E-state index in [9.17, 15) is 23.2 Å². The van der Waals surface area contributed by atoms with E-state index in [1.807, 2.05) is 0 Å². The van der Waals surface area contributed by atoms with Gasteiger partial charge in [0.05, 0.1) is 29.5 Å². The zero-order chi connectivity index (χ0) is 17.9. The lowest BCUT2D eigenvalue weighted by molar-refractivity contribution is -0.137. The quantitative estimate of drug-likeness (QED) is 0.461. The highest BCUT2D eigenvalue weighted by molar-refractivity contribution is 8.04. The number of nitrogens with zero attached hydrogens (tertiary/aromatic N) is 1. The number of amides is 1. The molecule has 0 bridgehead atoms. The molecular formula is C16H15F2NO4S. The van der Waals surface area contributed by atoms with Gasteiger partial charge in [-0.2, -0.15) is 0 Å². The van der Waals surface area contributed by atoms with Gasteiger partial charge in [-0.25, -0.2) is 13.6 Å². The van der Waals surface area contributed by atoms with E-state index in [0.29, 0.717) is 5.03 Å². The number of ether oxygens (including phenoxy) is 1. The van der Waals surface area contributed by atoms with E-state index in [2.05, 4.69) is 0 Å². The van der Waals surface area contributed by atoms with Crippen molar-refractivity contribution in [1.29, 1.82) is 0 Å². The van der Waals surface area contributed by atoms with Gasteiger partial charge < -0.3 is 4.74 Å². The van der Waals surface area contributed by atoms with Crippen molar-refractivity contribution in [1.82, 2.24) is 4.90 Å². The Kier molecular flexibility index (Phi) is 5.71. The van der Waals surface area contributed by atoms with Crippen molar-refractivity contribution in [3.8, 4) is 0 Å². The largest absolute Gasteiger partial charge is 0.463 e. The van der Waals surface area contributed by atoms with Crippen LogP contribution >= 0.6 is 11.8 Å². The lowest BCUT2D eigenvalue weighted by Crippen LogP contribution is -2.33. The Labute approximate surface area is 141 Å². The van der Waals surface area contributed by atoms with Crippen molar-refractivity contribution >= 4 is 29.4 Å². The van der Waals surface area contributed by atoms with Crippen LogP contribution in [0.4, 0.5) is 8.78 Å². The molecule has 1 aromatic rings. The summed E-state index contributed by atoms with van der Waals surface area (Å²) in [5, 5.41) is -0.162. The number of rotatable bonds is 5. The van der Waals surface area contributed by atoms with E-state index in [0.717, 1.165) is 40.9 Å². The Balaban J connectivity index is 2.20. The molecule has 8 heteroatoms. The topological polar surface area (TPSA) is 63.7 Å². The standard InChI is InChI=1S/C16H15F2NO4S/c1-3-23-15(21)7-14-19(16(22)9(2)24-14)8-13(20)10-4-5-11(17)12(18)6-10/h4-7,9H,3,8H2,1-2H3/b14-7-/t9-/m0/s1. The SMILES string of the molecule is CCOC(=O)/C=C1\S[C@@H](C)C(=O)N1CC(=O)c1ccc(F)c(F)c1. The summed E-state index contributed by atoms with van der Waals surface area (Å²) < 4.78 is 31.0. The van der Waals surface area contributed by atoms with Gasteiger partial charge in [-0.3, -0.25) is 14.5 Å². The van der Waals surface area contributed by atoms with Gasteiger partial charge in [0.1, 0.15) is 0 Å². The van der Waals surface area contributed by atoms with Crippen LogP contribution < -0.4 is 0 Å². The molecule has 0 radical (unpaired) electrons. The molecule has 24 heavy (non-hydrogen) atoms. The number of carbonyl (C=O) groups is 3. The van der Waals surface area contributed by atoms with Crippen molar-refractivity contribution in [2.45, 2.75) is 19.1 Å². The minimum atomic E-state index is -1.14. The smallest absolute Gasteiger partial charge is 0.333 e. The number of carbonyl (C=O) groups excluding carboxylic acids is 3. The third-order valence-electron chi connectivity index (χ3n) is 3.25. The first-order chi connectivity index (χ1) is 11.3. The maximum absolute atomic E-state index is 13.2. The van der Waals surface area contributed by atoms with Gasteiger partial charge in [-0.1, -0.05) is 11.8 Å². The van der Waals surface area contributed by atoms with Crippen molar-refractivity contribution in [2.75, 3.05) is 13.2 Å². The number of esters is 1. The van der Waals surface area contributed by atoms with Gasteiger partial charge in [0, 0.05) is 5.56 Å². The highest BCUT2D eigenvalue weighted by atomic mass is 32.2. The van der Waals surface area contributed by atoms with Crippen LogP contribution in [0.25, 0.3) is 0 Å². The highest BCUT2D eigenvalue weighted by Crippen LogP contribution is 2.34. The molecule has 0 aliphatic carbocycles. The van der Waals surface area contributed by atoms with Crippen molar-refractivity contribution in [2.24, 2.45) is 0 Å². The van der Waals surface area contributed by atoms with Crippen LogP contribution in [0.5, 0.6) is 0 Å². The minimum Gasteiger partial charge on any atom is -0.463 e. The summed E-state index contributed by atoms with van der Waals surface area (Å²) in [5.41, 5.74) is -0.0539. The van der Waals surface area contributed by atoms with Gasteiger partial charge in [-0.05, 0) is 32.0 Å². The normalized spacial score (nSPS) is 19.0. The number of Topliss-reactive ketones (excluding diaryl/α,β-unsaturated/α-hetero) is 1. The molecule has 1 fully saturated rings. The predicted octanol–water partition coefficient (Wildman–Crippen LogP) is 2.52. The Morgan fingerprint density at radius 1 is 1.33 bits per heavy atom. The first-order valence-corrected chi connectivity index (χ1v) is 8.06. The number of hydrogen-bond donors (Lipinski definition) is 0. The summed E-state index contributed by atoms with van der Waals surface area (Å²) in [4.78, 5) is 37.1. The van der Waals surface area contributed by atoms with E-state index in [-0.39, 0.29) is 24.6 Å². The molecule has 1 heterocycles. The number of halogens is 2. The second kappa shape index (κ2) is 7.57. The predicted molar refractivity (Wildman–Crippen MR) is 84.2 cm³/mol. The molecule has 0 unspecified atom stereocenters. The molecule has 1 amide bonds. The molecule has 1 aliphatic heterocycles. The first-order valence-electron chi connectivity index (χ1n) is 7.18. The summed E-state index contributed by atoms with van der Waals surface area (Å²) in [5.74, 6) is -3.72. The van der Waals surface area contributed by atoms with Crippen LogP contribution in [0, 0.1) is 11.6 Å². The average Bonchev–Trinajstić information content (AvgIpc) is 2.77. The molecular weight excluding hydrogens is 340 g/mol. The molecule has 0 N–H and O–H groups in total. The Morgan fingerprint density at radius 2 is 2.04 bits per heavy atom. The van der Waals surface area contributed by atoms with Gasteiger partial charge >= 0.3 is 5.97 Å².